The molecule has 1 fully saturated rings. The summed E-state index contributed by atoms with van der Waals surface area (Å²) in [5, 5.41) is 3.00. The van der Waals surface area contributed by atoms with Crippen molar-refractivity contribution in [2.45, 2.75) is 38.8 Å². The minimum Gasteiger partial charge on any atom is -0.351 e. The van der Waals surface area contributed by atoms with Crippen LogP contribution in [-0.4, -0.2) is 11.9 Å². The van der Waals surface area contributed by atoms with Crippen molar-refractivity contribution in [1.82, 2.24) is 5.32 Å². The van der Waals surface area contributed by atoms with E-state index in [1.54, 1.807) is 0 Å². The molecule has 2 rings (SSSR count). The molecule has 4 heteroatoms. The molecule has 0 saturated heterocycles. The lowest BCUT2D eigenvalue weighted by molar-refractivity contribution is -0.130. The number of nitrogens with two attached hydrogens (primary N) is 1. The molecule has 1 amide bonds. The van der Waals surface area contributed by atoms with Gasteiger partial charge in [-0.3, -0.25) is 4.79 Å². The standard InChI is InChI=1S/C14H19BrN2O/c1-14(8-4-7-12(14)16)13(18)17-9-10-5-2-3-6-11(10)15/h2-3,5-6,12H,4,7-9,16H2,1H3,(H,17,18). The van der Waals surface area contributed by atoms with E-state index in [0.29, 0.717) is 6.54 Å². The number of hydrogen-bond acceptors (Lipinski definition) is 2. The maximum Gasteiger partial charge on any atom is 0.227 e. The van der Waals surface area contributed by atoms with Crippen molar-refractivity contribution in [1.29, 1.82) is 0 Å². The van der Waals surface area contributed by atoms with Crippen LogP contribution in [0.5, 0.6) is 0 Å². The average Bonchev–Trinajstić information content (AvgIpc) is 2.69. The minimum absolute atomic E-state index is 0.0169. The summed E-state index contributed by atoms with van der Waals surface area (Å²) in [6.45, 7) is 2.52. The first kappa shape index (κ1) is 13.6. The van der Waals surface area contributed by atoms with E-state index in [2.05, 4.69) is 21.2 Å². The fourth-order valence-electron chi connectivity index (χ4n) is 2.49. The number of nitrogens with one attached hydrogen (secondary N) is 1. The van der Waals surface area contributed by atoms with Gasteiger partial charge >= 0.3 is 0 Å². The summed E-state index contributed by atoms with van der Waals surface area (Å²) in [7, 11) is 0. The van der Waals surface area contributed by atoms with Crippen molar-refractivity contribution in [3.8, 4) is 0 Å². The first-order chi connectivity index (χ1) is 8.54. The van der Waals surface area contributed by atoms with Gasteiger partial charge < -0.3 is 11.1 Å². The highest BCUT2D eigenvalue weighted by Crippen LogP contribution is 2.36. The molecule has 0 spiro atoms. The molecule has 3 N–H and O–H groups in total. The maximum absolute atomic E-state index is 12.3. The summed E-state index contributed by atoms with van der Waals surface area (Å²) in [4.78, 5) is 12.3. The largest absolute Gasteiger partial charge is 0.351 e. The molecule has 0 bridgehead atoms. The second-order valence-corrected chi connectivity index (χ2v) is 6.04. The van der Waals surface area contributed by atoms with Crippen molar-refractivity contribution in [2.75, 3.05) is 0 Å². The molecule has 2 unspecified atom stereocenters. The molecule has 18 heavy (non-hydrogen) atoms. The predicted octanol–water partition coefficient (Wildman–Crippen LogP) is 2.58. The van der Waals surface area contributed by atoms with Gasteiger partial charge in [-0.05, 0) is 31.4 Å². The van der Waals surface area contributed by atoms with E-state index in [0.717, 1.165) is 29.3 Å². The molecule has 98 valence electrons. The normalized spacial score (nSPS) is 27.2. The molecule has 1 saturated carbocycles. The molecule has 0 aliphatic heterocycles. The SMILES string of the molecule is CC1(C(=O)NCc2ccccc2Br)CCCC1N. The van der Waals surface area contributed by atoms with Crippen LogP contribution in [0.25, 0.3) is 0 Å². The summed E-state index contributed by atoms with van der Waals surface area (Å²) in [6, 6.07) is 7.89. The zero-order valence-corrected chi connectivity index (χ0v) is 12.2. The van der Waals surface area contributed by atoms with Crippen molar-refractivity contribution in [3.63, 3.8) is 0 Å². The lowest BCUT2D eigenvalue weighted by Crippen LogP contribution is -2.47. The molecular formula is C14H19BrN2O. The third-order valence-corrected chi connectivity index (χ3v) is 4.72. The van der Waals surface area contributed by atoms with E-state index in [9.17, 15) is 4.79 Å². The van der Waals surface area contributed by atoms with Crippen LogP contribution in [0.1, 0.15) is 31.7 Å². The van der Waals surface area contributed by atoms with Gasteiger partial charge in [0.15, 0.2) is 0 Å². The molecular weight excluding hydrogens is 292 g/mol. The van der Waals surface area contributed by atoms with Crippen molar-refractivity contribution in [2.24, 2.45) is 11.1 Å². The first-order valence-electron chi connectivity index (χ1n) is 6.31. The van der Waals surface area contributed by atoms with Gasteiger partial charge in [0.2, 0.25) is 5.91 Å². The van der Waals surface area contributed by atoms with Gasteiger partial charge in [-0.2, -0.15) is 0 Å². The Hall–Kier alpha value is -0.870. The average molecular weight is 311 g/mol. The number of amides is 1. The minimum atomic E-state index is -0.402. The number of carbonyl (C=O) groups excluding carboxylic acids is 1. The molecule has 1 aromatic carbocycles. The zero-order valence-electron chi connectivity index (χ0n) is 10.6. The predicted molar refractivity (Wildman–Crippen MR) is 75.9 cm³/mol. The summed E-state index contributed by atoms with van der Waals surface area (Å²) < 4.78 is 1.02. The Morgan fingerprint density at radius 2 is 2.28 bits per heavy atom. The van der Waals surface area contributed by atoms with Gasteiger partial charge in [-0.1, -0.05) is 40.5 Å². The molecule has 0 heterocycles. The second kappa shape index (κ2) is 5.41. The third-order valence-electron chi connectivity index (χ3n) is 3.95. The Bertz CT molecular complexity index is 449. The maximum atomic E-state index is 12.3. The molecule has 3 nitrogen and oxygen atoms in total. The number of benzene rings is 1. The summed E-state index contributed by atoms with van der Waals surface area (Å²) in [6.07, 6.45) is 2.87. The van der Waals surface area contributed by atoms with E-state index in [1.165, 1.54) is 0 Å². The van der Waals surface area contributed by atoms with Crippen molar-refractivity contribution in [3.05, 3.63) is 34.3 Å². The summed E-state index contributed by atoms with van der Waals surface area (Å²) in [5.74, 6) is 0.0725. The molecule has 1 aliphatic carbocycles. The van der Waals surface area contributed by atoms with E-state index in [4.69, 9.17) is 5.73 Å². The van der Waals surface area contributed by atoms with Crippen LogP contribution in [0.3, 0.4) is 0 Å². The van der Waals surface area contributed by atoms with Crippen LogP contribution < -0.4 is 11.1 Å². The number of halogens is 1. The van der Waals surface area contributed by atoms with E-state index >= 15 is 0 Å². The van der Waals surface area contributed by atoms with E-state index in [1.807, 2.05) is 31.2 Å². The molecule has 2 atom stereocenters. The van der Waals surface area contributed by atoms with Gasteiger partial charge in [-0.15, -0.1) is 0 Å². The Kier molecular flexibility index (Phi) is 4.07. The van der Waals surface area contributed by atoms with Gasteiger partial charge in [0, 0.05) is 17.1 Å². The van der Waals surface area contributed by atoms with Gasteiger partial charge in [0.25, 0.3) is 0 Å². The van der Waals surface area contributed by atoms with Crippen LogP contribution in [-0.2, 0) is 11.3 Å². The highest BCUT2D eigenvalue weighted by atomic mass is 79.9. The molecule has 1 aliphatic rings. The highest BCUT2D eigenvalue weighted by molar-refractivity contribution is 9.10. The van der Waals surface area contributed by atoms with Crippen LogP contribution in [0.15, 0.2) is 28.7 Å². The monoisotopic (exact) mass is 310 g/mol. The number of hydrogen-bond donors (Lipinski definition) is 2. The quantitative estimate of drug-likeness (QED) is 0.901. The molecule has 0 aromatic heterocycles. The lowest BCUT2D eigenvalue weighted by atomic mass is 9.84. The Labute approximate surface area is 116 Å². The highest BCUT2D eigenvalue weighted by Gasteiger charge is 2.42. The summed E-state index contributed by atoms with van der Waals surface area (Å²) >= 11 is 3.48. The van der Waals surface area contributed by atoms with E-state index < -0.39 is 5.41 Å². The Balaban J connectivity index is 1.99. The van der Waals surface area contributed by atoms with Gasteiger partial charge in [-0.25, -0.2) is 0 Å². The Morgan fingerprint density at radius 1 is 1.56 bits per heavy atom. The van der Waals surface area contributed by atoms with Gasteiger partial charge in [0.1, 0.15) is 0 Å². The van der Waals surface area contributed by atoms with Crippen molar-refractivity contribution < 1.29 is 4.79 Å². The number of rotatable bonds is 3. The Morgan fingerprint density at radius 3 is 2.89 bits per heavy atom. The zero-order chi connectivity index (χ0) is 13.2. The topological polar surface area (TPSA) is 55.1 Å². The van der Waals surface area contributed by atoms with Crippen LogP contribution in [0.2, 0.25) is 0 Å². The smallest absolute Gasteiger partial charge is 0.227 e. The van der Waals surface area contributed by atoms with Crippen molar-refractivity contribution >= 4 is 21.8 Å². The van der Waals surface area contributed by atoms with Gasteiger partial charge in [0.05, 0.1) is 5.41 Å². The number of carbonyl (C=O) groups is 1. The molecule has 0 radical (unpaired) electrons. The summed E-state index contributed by atoms with van der Waals surface area (Å²) in [5.41, 5.74) is 6.73. The third kappa shape index (κ3) is 2.59. The lowest BCUT2D eigenvalue weighted by Gasteiger charge is -2.27. The van der Waals surface area contributed by atoms with Crippen LogP contribution in [0, 0.1) is 5.41 Å². The first-order valence-corrected chi connectivity index (χ1v) is 7.10. The fraction of sp³-hybridized carbons (Fsp3) is 0.500. The van der Waals surface area contributed by atoms with Crippen LogP contribution >= 0.6 is 15.9 Å². The second-order valence-electron chi connectivity index (χ2n) is 5.19. The fourth-order valence-corrected chi connectivity index (χ4v) is 2.92. The van der Waals surface area contributed by atoms with E-state index in [-0.39, 0.29) is 11.9 Å². The molecule has 1 aromatic rings. The van der Waals surface area contributed by atoms with Crippen LogP contribution in [0.4, 0.5) is 0 Å².